The maximum Gasteiger partial charge on any atom is 0.180 e. The number of rotatable bonds is 1. The number of hydrogen-bond acceptors (Lipinski definition) is 3. The molecule has 0 radical (unpaired) electrons. The Kier molecular flexibility index (Phi) is 2.81. The third-order valence-corrected chi connectivity index (χ3v) is 4.13. The Morgan fingerprint density at radius 1 is 1.28 bits per heavy atom. The minimum atomic E-state index is 0.453. The van der Waals surface area contributed by atoms with Crippen molar-refractivity contribution in [3.63, 3.8) is 0 Å². The first-order valence-electron chi connectivity index (χ1n) is 6.29. The summed E-state index contributed by atoms with van der Waals surface area (Å²) in [6.07, 6.45) is 8.13. The summed E-state index contributed by atoms with van der Waals surface area (Å²) in [4.78, 5) is 11.4. The van der Waals surface area contributed by atoms with E-state index in [1.807, 2.05) is 23.0 Å². The maximum absolute atomic E-state index is 4.60. The number of aromatic nitrogens is 3. The SMILES string of the molecule is CC1(C)CCN(c2nc(Br)cn3ccnc23)CC1. The van der Waals surface area contributed by atoms with Gasteiger partial charge in [0.1, 0.15) is 4.60 Å². The Bertz CT molecular complexity index is 565. The Balaban J connectivity index is 1.97. The molecule has 3 rings (SSSR count). The topological polar surface area (TPSA) is 33.4 Å². The number of nitrogens with zero attached hydrogens (tertiary/aromatic N) is 4. The van der Waals surface area contributed by atoms with E-state index in [4.69, 9.17) is 0 Å². The summed E-state index contributed by atoms with van der Waals surface area (Å²) in [6.45, 7) is 6.78. The van der Waals surface area contributed by atoms with Gasteiger partial charge in [0.2, 0.25) is 0 Å². The lowest BCUT2D eigenvalue weighted by atomic mass is 9.83. The normalized spacial score (nSPS) is 19.4. The highest BCUT2D eigenvalue weighted by atomic mass is 79.9. The van der Waals surface area contributed by atoms with Gasteiger partial charge in [-0.25, -0.2) is 9.97 Å². The van der Waals surface area contributed by atoms with Crippen LogP contribution in [0, 0.1) is 5.41 Å². The van der Waals surface area contributed by atoms with Crippen molar-refractivity contribution in [1.29, 1.82) is 0 Å². The van der Waals surface area contributed by atoms with Crippen LogP contribution in [0.4, 0.5) is 5.82 Å². The molecule has 96 valence electrons. The minimum Gasteiger partial charge on any atom is -0.353 e. The quantitative estimate of drug-likeness (QED) is 0.811. The van der Waals surface area contributed by atoms with Crippen LogP contribution >= 0.6 is 15.9 Å². The predicted octanol–water partition coefficient (Wildman–Crippen LogP) is 3.12. The highest BCUT2D eigenvalue weighted by molar-refractivity contribution is 9.10. The molecule has 1 fully saturated rings. The molecule has 0 saturated carbocycles. The highest BCUT2D eigenvalue weighted by Crippen LogP contribution is 2.33. The molecule has 1 aliphatic heterocycles. The van der Waals surface area contributed by atoms with Crippen molar-refractivity contribution in [2.45, 2.75) is 26.7 Å². The number of fused-ring (bicyclic) bond motifs is 1. The Labute approximate surface area is 115 Å². The summed E-state index contributed by atoms with van der Waals surface area (Å²) in [5.74, 6) is 0.991. The Morgan fingerprint density at radius 3 is 2.72 bits per heavy atom. The molecule has 18 heavy (non-hydrogen) atoms. The van der Waals surface area contributed by atoms with Crippen molar-refractivity contribution < 1.29 is 0 Å². The van der Waals surface area contributed by atoms with Gasteiger partial charge in [-0.3, -0.25) is 0 Å². The molecule has 0 N–H and O–H groups in total. The fourth-order valence-corrected chi connectivity index (χ4v) is 2.81. The van der Waals surface area contributed by atoms with Crippen molar-refractivity contribution in [2.75, 3.05) is 18.0 Å². The number of imidazole rings is 1. The van der Waals surface area contributed by atoms with Crippen LogP contribution in [0.1, 0.15) is 26.7 Å². The predicted molar refractivity (Wildman–Crippen MR) is 75.9 cm³/mol. The lowest BCUT2D eigenvalue weighted by molar-refractivity contribution is 0.279. The smallest absolute Gasteiger partial charge is 0.180 e. The van der Waals surface area contributed by atoms with E-state index in [1.54, 1.807) is 0 Å². The molecule has 0 aromatic carbocycles. The molecule has 0 atom stereocenters. The molecule has 2 aromatic rings. The minimum absolute atomic E-state index is 0.453. The van der Waals surface area contributed by atoms with E-state index in [-0.39, 0.29) is 0 Å². The molecule has 5 heteroatoms. The highest BCUT2D eigenvalue weighted by Gasteiger charge is 2.27. The molecule has 1 aliphatic rings. The van der Waals surface area contributed by atoms with Crippen LogP contribution in [-0.4, -0.2) is 27.5 Å². The van der Waals surface area contributed by atoms with Gasteiger partial charge >= 0.3 is 0 Å². The number of piperidine rings is 1. The van der Waals surface area contributed by atoms with Gasteiger partial charge in [-0.2, -0.15) is 0 Å². The van der Waals surface area contributed by atoms with E-state index in [1.165, 1.54) is 12.8 Å². The molecule has 4 nitrogen and oxygen atoms in total. The number of halogens is 1. The second kappa shape index (κ2) is 4.23. The van der Waals surface area contributed by atoms with Crippen LogP contribution in [0.3, 0.4) is 0 Å². The monoisotopic (exact) mass is 308 g/mol. The van der Waals surface area contributed by atoms with E-state index in [9.17, 15) is 0 Å². The van der Waals surface area contributed by atoms with E-state index >= 15 is 0 Å². The van der Waals surface area contributed by atoms with Gasteiger partial charge in [0.05, 0.1) is 0 Å². The summed E-state index contributed by atoms with van der Waals surface area (Å²) < 4.78 is 2.87. The molecule has 0 spiro atoms. The molecular weight excluding hydrogens is 292 g/mol. The first-order chi connectivity index (χ1) is 8.55. The van der Waals surface area contributed by atoms with Crippen LogP contribution in [0.15, 0.2) is 23.2 Å². The van der Waals surface area contributed by atoms with Crippen LogP contribution < -0.4 is 4.90 Å². The zero-order valence-corrected chi connectivity index (χ0v) is 12.3. The Hall–Kier alpha value is -1.10. The van der Waals surface area contributed by atoms with Crippen molar-refractivity contribution in [1.82, 2.24) is 14.4 Å². The fraction of sp³-hybridized carbons (Fsp3) is 0.538. The molecule has 3 heterocycles. The van der Waals surface area contributed by atoms with Crippen LogP contribution in [0.5, 0.6) is 0 Å². The van der Waals surface area contributed by atoms with E-state index in [2.05, 4.69) is 44.6 Å². The average molecular weight is 309 g/mol. The van der Waals surface area contributed by atoms with Gasteiger partial charge in [0, 0.05) is 31.7 Å². The summed E-state index contributed by atoms with van der Waals surface area (Å²) in [5.41, 5.74) is 1.40. The molecular formula is C13H17BrN4. The summed E-state index contributed by atoms with van der Waals surface area (Å²) >= 11 is 3.47. The lowest BCUT2D eigenvalue weighted by Gasteiger charge is -2.37. The molecule has 0 amide bonds. The van der Waals surface area contributed by atoms with Crippen molar-refractivity contribution in [3.05, 3.63) is 23.2 Å². The van der Waals surface area contributed by atoms with Crippen LogP contribution in [0.25, 0.3) is 5.65 Å². The largest absolute Gasteiger partial charge is 0.353 e. The standard InChI is InChI=1S/C13H17BrN4/c1-13(2)3-6-17(7-4-13)12-11-15-5-8-18(11)9-10(14)16-12/h5,8-9H,3-4,6-7H2,1-2H3. The second-order valence-corrected chi connectivity index (χ2v) is 6.51. The van der Waals surface area contributed by atoms with Gasteiger partial charge in [-0.05, 0) is 34.2 Å². The Morgan fingerprint density at radius 2 is 2.00 bits per heavy atom. The summed E-state index contributed by atoms with van der Waals surface area (Å²) in [6, 6.07) is 0. The van der Waals surface area contributed by atoms with Gasteiger partial charge < -0.3 is 9.30 Å². The second-order valence-electron chi connectivity index (χ2n) is 5.70. The zero-order valence-electron chi connectivity index (χ0n) is 10.7. The third-order valence-electron chi connectivity index (χ3n) is 3.74. The van der Waals surface area contributed by atoms with E-state index < -0.39 is 0 Å². The third kappa shape index (κ3) is 2.11. The van der Waals surface area contributed by atoms with Gasteiger partial charge in [0.25, 0.3) is 0 Å². The van der Waals surface area contributed by atoms with Crippen molar-refractivity contribution >= 4 is 27.4 Å². The van der Waals surface area contributed by atoms with Gasteiger partial charge in [-0.15, -0.1) is 0 Å². The lowest BCUT2D eigenvalue weighted by Crippen LogP contribution is -2.38. The van der Waals surface area contributed by atoms with E-state index in [0.717, 1.165) is 29.2 Å². The zero-order chi connectivity index (χ0) is 12.8. The van der Waals surface area contributed by atoms with Crippen LogP contribution in [0.2, 0.25) is 0 Å². The molecule has 0 aliphatic carbocycles. The fourth-order valence-electron chi connectivity index (χ4n) is 2.42. The summed E-state index contributed by atoms with van der Waals surface area (Å²) in [7, 11) is 0. The van der Waals surface area contributed by atoms with E-state index in [0.29, 0.717) is 5.41 Å². The molecule has 0 bridgehead atoms. The number of anilines is 1. The van der Waals surface area contributed by atoms with Crippen molar-refractivity contribution in [2.24, 2.45) is 5.41 Å². The number of hydrogen-bond donors (Lipinski definition) is 0. The summed E-state index contributed by atoms with van der Waals surface area (Å²) in [5, 5.41) is 0. The maximum atomic E-state index is 4.60. The van der Waals surface area contributed by atoms with Crippen LogP contribution in [-0.2, 0) is 0 Å². The van der Waals surface area contributed by atoms with Gasteiger partial charge in [0.15, 0.2) is 11.5 Å². The van der Waals surface area contributed by atoms with Gasteiger partial charge in [-0.1, -0.05) is 13.8 Å². The van der Waals surface area contributed by atoms with Crippen molar-refractivity contribution in [3.8, 4) is 0 Å². The first kappa shape index (κ1) is 12.0. The molecule has 1 saturated heterocycles. The molecule has 2 aromatic heterocycles. The first-order valence-corrected chi connectivity index (χ1v) is 7.09. The average Bonchev–Trinajstić information content (AvgIpc) is 2.76. The molecule has 0 unspecified atom stereocenters.